The molecule has 1 aromatic heterocycles. The first-order chi connectivity index (χ1) is 14.0. The zero-order valence-electron chi connectivity index (χ0n) is 17.9. The Balaban J connectivity index is 1.56. The van der Waals surface area contributed by atoms with Crippen molar-refractivity contribution in [3.8, 4) is 0 Å². The molecule has 2 atom stereocenters. The van der Waals surface area contributed by atoms with Gasteiger partial charge in [0.2, 0.25) is 5.91 Å². The van der Waals surface area contributed by atoms with Crippen LogP contribution in [0.3, 0.4) is 0 Å². The summed E-state index contributed by atoms with van der Waals surface area (Å²) in [5, 5.41) is 9.11. The van der Waals surface area contributed by atoms with E-state index in [0.29, 0.717) is 30.3 Å². The predicted molar refractivity (Wildman–Crippen MR) is 115 cm³/mol. The number of anilines is 1. The summed E-state index contributed by atoms with van der Waals surface area (Å²) in [6.07, 6.45) is 6.81. The van der Waals surface area contributed by atoms with Gasteiger partial charge in [0.25, 0.3) is 5.91 Å². The quantitative estimate of drug-likeness (QED) is 0.560. The van der Waals surface area contributed by atoms with Gasteiger partial charge in [-0.2, -0.15) is 0 Å². The number of hydrogen-bond acceptors (Lipinski definition) is 5. The van der Waals surface area contributed by atoms with E-state index < -0.39 is 0 Å². The third-order valence-corrected chi connectivity index (χ3v) is 5.85. The number of nitrogens with zero attached hydrogens (tertiary/aromatic N) is 2. The lowest BCUT2D eigenvalue weighted by atomic mass is 10.1. The lowest BCUT2D eigenvalue weighted by Crippen LogP contribution is -2.45. The second kappa shape index (κ2) is 10.1. The second-order valence-corrected chi connectivity index (χ2v) is 8.79. The van der Waals surface area contributed by atoms with Crippen molar-refractivity contribution in [3.05, 3.63) is 23.9 Å². The van der Waals surface area contributed by atoms with Crippen LogP contribution in [-0.4, -0.2) is 60.5 Å². The Morgan fingerprint density at radius 3 is 2.62 bits per heavy atom. The Morgan fingerprint density at radius 1 is 1.17 bits per heavy atom. The Kier molecular flexibility index (Phi) is 7.47. The molecule has 1 saturated carbocycles. The van der Waals surface area contributed by atoms with Crippen LogP contribution in [-0.2, 0) is 4.79 Å². The average Bonchev–Trinajstić information content (AvgIpc) is 3.46. The van der Waals surface area contributed by atoms with Gasteiger partial charge in [-0.3, -0.25) is 14.5 Å². The number of amides is 2. The SMILES string of the molecule is CNc1ncccc1C(=O)NC[C@@H]1CC[C@H](CC(=O)NCC(C)C)N1CC1CC1. The van der Waals surface area contributed by atoms with Crippen molar-refractivity contribution < 1.29 is 9.59 Å². The van der Waals surface area contributed by atoms with E-state index in [1.807, 2.05) is 0 Å². The Hall–Kier alpha value is -2.15. The van der Waals surface area contributed by atoms with E-state index >= 15 is 0 Å². The molecule has 0 spiro atoms. The molecule has 2 amide bonds. The molecular weight excluding hydrogens is 366 g/mol. The zero-order chi connectivity index (χ0) is 20.8. The van der Waals surface area contributed by atoms with Crippen molar-refractivity contribution >= 4 is 17.6 Å². The van der Waals surface area contributed by atoms with Crippen LogP contribution in [0.5, 0.6) is 0 Å². The highest BCUT2D eigenvalue weighted by atomic mass is 16.2. The predicted octanol–water partition coefficient (Wildman–Crippen LogP) is 2.26. The highest BCUT2D eigenvalue weighted by Gasteiger charge is 2.38. The van der Waals surface area contributed by atoms with Crippen LogP contribution in [0, 0.1) is 11.8 Å². The van der Waals surface area contributed by atoms with Gasteiger partial charge in [-0.15, -0.1) is 0 Å². The summed E-state index contributed by atoms with van der Waals surface area (Å²) in [5.41, 5.74) is 0.561. The van der Waals surface area contributed by atoms with Gasteiger partial charge < -0.3 is 16.0 Å². The van der Waals surface area contributed by atoms with Crippen LogP contribution in [0.15, 0.2) is 18.3 Å². The first-order valence-electron chi connectivity index (χ1n) is 10.9. The minimum Gasteiger partial charge on any atom is -0.372 e. The monoisotopic (exact) mass is 401 g/mol. The lowest BCUT2D eigenvalue weighted by molar-refractivity contribution is -0.122. The van der Waals surface area contributed by atoms with E-state index in [9.17, 15) is 9.59 Å². The number of pyridine rings is 1. The summed E-state index contributed by atoms with van der Waals surface area (Å²) in [7, 11) is 1.77. The van der Waals surface area contributed by atoms with Crippen LogP contribution >= 0.6 is 0 Å². The van der Waals surface area contributed by atoms with Gasteiger partial charge in [0.15, 0.2) is 0 Å². The van der Waals surface area contributed by atoms with Crippen LogP contribution in [0.25, 0.3) is 0 Å². The maximum absolute atomic E-state index is 12.7. The maximum Gasteiger partial charge on any atom is 0.255 e. The molecule has 160 valence electrons. The molecule has 3 rings (SSSR count). The molecule has 0 bridgehead atoms. The highest BCUT2D eigenvalue weighted by molar-refractivity contribution is 5.98. The van der Waals surface area contributed by atoms with Crippen molar-refractivity contribution in [3.63, 3.8) is 0 Å². The van der Waals surface area contributed by atoms with E-state index in [2.05, 4.69) is 39.7 Å². The minimum atomic E-state index is -0.105. The van der Waals surface area contributed by atoms with E-state index in [1.54, 1.807) is 25.4 Å². The third-order valence-electron chi connectivity index (χ3n) is 5.85. The Morgan fingerprint density at radius 2 is 1.93 bits per heavy atom. The average molecular weight is 402 g/mol. The number of aromatic nitrogens is 1. The molecule has 0 radical (unpaired) electrons. The van der Waals surface area contributed by atoms with Crippen LogP contribution in [0.2, 0.25) is 0 Å². The number of carbonyl (C=O) groups is 2. The largest absolute Gasteiger partial charge is 0.372 e. The molecule has 2 fully saturated rings. The number of carbonyl (C=O) groups excluding carboxylic acids is 2. The Bertz CT molecular complexity index is 704. The van der Waals surface area contributed by atoms with Crippen LogP contribution in [0.4, 0.5) is 5.82 Å². The van der Waals surface area contributed by atoms with Gasteiger partial charge in [-0.1, -0.05) is 13.8 Å². The van der Waals surface area contributed by atoms with E-state index in [4.69, 9.17) is 0 Å². The molecule has 2 aliphatic rings. The summed E-state index contributed by atoms with van der Waals surface area (Å²) in [6.45, 7) is 6.59. The van der Waals surface area contributed by atoms with Gasteiger partial charge >= 0.3 is 0 Å². The summed E-state index contributed by atoms with van der Waals surface area (Å²) in [6, 6.07) is 4.12. The first-order valence-corrected chi connectivity index (χ1v) is 10.9. The fourth-order valence-electron chi connectivity index (χ4n) is 4.05. The molecule has 3 N–H and O–H groups in total. The van der Waals surface area contributed by atoms with E-state index in [-0.39, 0.29) is 23.9 Å². The van der Waals surface area contributed by atoms with E-state index in [1.165, 1.54) is 12.8 Å². The minimum absolute atomic E-state index is 0.105. The van der Waals surface area contributed by atoms with Crippen molar-refractivity contribution in [1.29, 1.82) is 0 Å². The molecule has 1 aliphatic heterocycles. The molecule has 1 saturated heterocycles. The van der Waals surface area contributed by atoms with Gasteiger partial charge in [-0.05, 0) is 49.7 Å². The Labute approximate surface area is 174 Å². The fraction of sp³-hybridized carbons (Fsp3) is 0.682. The molecule has 7 heteroatoms. The van der Waals surface area contributed by atoms with Crippen LogP contribution < -0.4 is 16.0 Å². The van der Waals surface area contributed by atoms with Gasteiger partial charge in [0.05, 0.1) is 5.56 Å². The summed E-state index contributed by atoms with van der Waals surface area (Å²) < 4.78 is 0. The molecule has 29 heavy (non-hydrogen) atoms. The molecule has 1 aromatic rings. The van der Waals surface area contributed by atoms with Crippen LogP contribution in [0.1, 0.15) is 56.3 Å². The van der Waals surface area contributed by atoms with Crippen molar-refractivity contribution in [2.45, 2.75) is 58.0 Å². The number of rotatable bonds is 10. The van der Waals surface area contributed by atoms with Crippen molar-refractivity contribution in [2.75, 3.05) is 32.0 Å². The molecular formula is C22H35N5O2. The summed E-state index contributed by atoms with van der Waals surface area (Å²) >= 11 is 0. The maximum atomic E-state index is 12.7. The van der Waals surface area contributed by atoms with Crippen molar-refractivity contribution in [1.82, 2.24) is 20.5 Å². The summed E-state index contributed by atoms with van der Waals surface area (Å²) in [4.78, 5) is 31.7. The van der Waals surface area contributed by atoms with Crippen molar-refractivity contribution in [2.24, 2.45) is 11.8 Å². The number of likely N-dealkylation sites (tertiary alicyclic amines) is 1. The smallest absolute Gasteiger partial charge is 0.255 e. The second-order valence-electron chi connectivity index (χ2n) is 8.79. The normalized spacial score (nSPS) is 21.9. The topological polar surface area (TPSA) is 86.4 Å². The summed E-state index contributed by atoms with van der Waals surface area (Å²) in [5.74, 6) is 1.84. The highest BCUT2D eigenvalue weighted by Crippen LogP contribution is 2.35. The zero-order valence-corrected chi connectivity index (χ0v) is 17.9. The molecule has 0 unspecified atom stereocenters. The standard InChI is InChI=1S/C22H35N5O2/c1-15(2)12-25-20(28)11-17-8-9-18(27(17)14-16-6-7-16)13-26-22(29)19-5-4-10-24-21(19)23-3/h4-5,10,15-18H,6-9,11-14H2,1-3H3,(H,23,24)(H,25,28)(H,26,29)/t17-,18+/m1/s1. The molecule has 7 nitrogen and oxygen atoms in total. The molecule has 2 heterocycles. The number of hydrogen-bond donors (Lipinski definition) is 3. The first kappa shape index (κ1) is 21.6. The van der Waals surface area contributed by atoms with Gasteiger partial charge in [-0.25, -0.2) is 4.98 Å². The lowest BCUT2D eigenvalue weighted by Gasteiger charge is -2.30. The third kappa shape index (κ3) is 6.16. The van der Waals surface area contributed by atoms with Gasteiger partial charge in [0.1, 0.15) is 5.82 Å². The molecule has 1 aliphatic carbocycles. The van der Waals surface area contributed by atoms with E-state index in [0.717, 1.165) is 31.8 Å². The fourth-order valence-corrected chi connectivity index (χ4v) is 4.05. The number of nitrogens with one attached hydrogen (secondary N) is 3. The molecule has 0 aromatic carbocycles. The van der Waals surface area contributed by atoms with Gasteiger partial charge in [0, 0.05) is 51.4 Å².